The lowest BCUT2D eigenvalue weighted by atomic mass is 9.80. The van der Waals surface area contributed by atoms with Gasteiger partial charge in [0.1, 0.15) is 0 Å². The third-order valence-corrected chi connectivity index (χ3v) is 3.84. The van der Waals surface area contributed by atoms with Crippen molar-refractivity contribution in [1.82, 2.24) is 0 Å². The zero-order valence-electron chi connectivity index (χ0n) is 9.01. The van der Waals surface area contributed by atoms with E-state index in [0.717, 1.165) is 18.0 Å². The van der Waals surface area contributed by atoms with Gasteiger partial charge < -0.3 is 5.73 Å². The summed E-state index contributed by atoms with van der Waals surface area (Å²) in [5.74, 6) is 0. The molecule has 0 heterocycles. The van der Waals surface area contributed by atoms with Crippen molar-refractivity contribution in [3.05, 3.63) is 34.9 Å². The molecule has 1 saturated carbocycles. The summed E-state index contributed by atoms with van der Waals surface area (Å²) in [6.07, 6.45) is 6.36. The minimum absolute atomic E-state index is 0.369. The second-order valence-electron chi connectivity index (χ2n) is 4.71. The average molecular weight is 224 g/mol. The lowest BCUT2D eigenvalue weighted by molar-refractivity contribution is 0.306. The summed E-state index contributed by atoms with van der Waals surface area (Å²) in [4.78, 5) is 0. The van der Waals surface area contributed by atoms with E-state index in [1.807, 2.05) is 12.1 Å². The fourth-order valence-corrected chi connectivity index (χ4v) is 2.74. The fourth-order valence-electron chi connectivity index (χ4n) is 2.61. The molecule has 2 N–H and O–H groups in total. The molecule has 0 radical (unpaired) electrons. The van der Waals surface area contributed by atoms with Gasteiger partial charge in [-0.2, -0.15) is 0 Å². The first-order valence-corrected chi connectivity index (χ1v) is 6.06. The molecule has 1 fully saturated rings. The Morgan fingerprint density at radius 2 is 1.73 bits per heavy atom. The number of hydrogen-bond acceptors (Lipinski definition) is 1. The van der Waals surface area contributed by atoms with Crippen LogP contribution in [0.2, 0.25) is 5.02 Å². The Bertz CT molecular complexity index is 312. The highest BCUT2D eigenvalue weighted by molar-refractivity contribution is 6.30. The van der Waals surface area contributed by atoms with E-state index < -0.39 is 0 Å². The van der Waals surface area contributed by atoms with Gasteiger partial charge in [0.2, 0.25) is 0 Å². The molecule has 2 heteroatoms. The van der Waals surface area contributed by atoms with Crippen LogP contribution < -0.4 is 5.73 Å². The molecule has 1 aromatic carbocycles. The minimum Gasteiger partial charge on any atom is -0.330 e. The summed E-state index contributed by atoms with van der Waals surface area (Å²) in [5.41, 5.74) is 7.66. The lowest BCUT2D eigenvalue weighted by Gasteiger charge is -2.27. The Kier molecular flexibility index (Phi) is 3.32. The molecule has 1 aromatic rings. The van der Waals surface area contributed by atoms with Crippen LogP contribution in [0.15, 0.2) is 24.3 Å². The molecular formula is C13H18ClN. The van der Waals surface area contributed by atoms with Crippen LogP contribution in [0.5, 0.6) is 0 Å². The Labute approximate surface area is 96.6 Å². The molecule has 0 spiro atoms. The number of halogens is 1. The Morgan fingerprint density at radius 3 is 2.27 bits per heavy atom. The van der Waals surface area contributed by atoms with E-state index in [1.165, 1.54) is 31.2 Å². The largest absolute Gasteiger partial charge is 0.330 e. The first-order chi connectivity index (χ1) is 7.24. The van der Waals surface area contributed by atoms with Gasteiger partial charge in [-0.25, -0.2) is 0 Å². The predicted molar refractivity (Wildman–Crippen MR) is 65.1 cm³/mol. The monoisotopic (exact) mass is 223 g/mol. The molecule has 1 aliphatic carbocycles. The van der Waals surface area contributed by atoms with Crippen molar-refractivity contribution in [2.45, 2.75) is 32.1 Å². The Balaban J connectivity index is 2.09. The van der Waals surface area contributed by atoms with E-state index in [4.69, 9.17) is 17.3 Å². The van der Waals surface area contributed by atoms with Gasteiger partial charge in [0, 0.05) is 5.02 Å². The van der Waals surface area contributed by atoms with Crippen LogP contribution in [0.25, 0.3) is 0 Å². The molecule has 0 saturated heterocycles. The van der Waals surface area contributed by atoms with Gasteiger partial charge in [0.15, 0.2) is 0 Å². The lowest BCUT2D eigenvalue weighted by Crippen LogP contribution is -2.29. The van der Waals surface area contributed by atoms with Crippen LogP contribution in [-0.4, -0.2) is 6.54 Å². The summed E-state index contributed by atoms with van der Waals surface area (Å²) in [6.45, 7) is 0.815. The Morgan fingerprint density at radius 1 is 1.13 bits per heavy atom. The summed E-state index contributed by atoms with van der Waals surface area (Å²) in [7, 11) is 0. The summed E-state index contributed by atoms with van der Waals surface area (Å²) < 4.78 is 0. The molecule has 0 atom stereocenters. The molecule has 0 bridgehead atoms. The van der Waals surface area contributed by atoms with Gasteiger partial charge in [-0.05, 0) is 48.9 Å². The quantitative estimate of drug-likeness (QED) is 0.835. The van der Waals surface area contributed by atoms with Crippen molar-refractivity contribution in [2.24, 2.45) is 11.1 Å². The number of benzene rings is 1. The average Bonchev–Trinajstić information content (AvgIpc) is 2.71. The van der Waals surface area contributed by atoms with Crippen LogP contribution in [0, 0.1) is 5.41 Å². The topological polar surface area (TPSA) is 26.0 Å². The van der Waals surface area contributed by atoms with Gasteiger partial charge in [-0.3, -0.25) is 0 Å². The van der Waals surface area contributed by atoms with Crippen LogP contribution in [0.4, 0.5) is 0 Å². The van der Waals surface area contributed by atoms with E-state index in [0.29, 0.717) is 5.41 Å². The number of rotatable bonds is 3. The molecular weight excluding hydrogens is 206 g/mol. The molecule has 0 aliphatic heterocycles. The maximum absolute atomic E-state index is 5.92. The standard InChI is InChI=1S/C13H18ClN/c14-12-5-3-11(4-6-12)9-13(10-15)7-1-2-8-13/h3-6H,1-2,7-10,15H2. The normalized spacial score (nSPS) is 19.3. The Hall–Kier alpha value is -0.530. The molecule has 15 heavy (non-hydrogen) atoms. The highest BCUT2D eigenvalue weighted by atomic mass is 35.5. The molecule has 1 aliphatic rings. The second kappa shape index (κ2) is 4.54. The van der Waals surface area contributed by atoms with Crippen molar-refractivity contribution in [1.29, 1.82) is 0 Å². The molecule has 2 rings (SSSR count). The van der Waals surface area contributed by atoms with Gasteiger partial charge in [0.05, 0.1) is 0 Å². The molecule has 1 nitrogen and oxygen atoms in total. The van der Waals surface area contributed by atoms with Gasteiger partial charge in [0.25, 0.3) is 0 Å². The van der Waals surface area contributed by atoms with Gasteiger partial charge in [-0.1, -0.05) is 36.6 Å². The third kappa shape index (κ3) is 2.53. The second-order valence-corrected chi connectivity index (χ2v) is 5.15. The smallest absolute Gasteiger partial charge is 0.0406 e. The van der Waals surface area contributed by atoms with Gasteiger partial charge >= 0.3 is 0 Å². The van der Waals surface area contributed by atoms with Crippen LogP contribution in [0.3, 0.4) is 0 Å². The first-order valence-electron chi connectivity index (χ1n) is 5.69. The molecule has 0 amide bonds. The summed E-state index contributed by atoms with van der Waals surface area (Å²) >= 11 is 5.87. The zero-order valence-corrected chi connectivity index (χ0v) is 9.76. The van der Waals surface area contributed by atoms with Crippen LogP contribution in [-0.2, 0) is 6.42 Å². The fraction of sp³-hybridized carbons (Fsp3) is 0.538. The predicted octanol–water partition coefficient (Wildman–Crippen LogP) is 3.40. The van der Waals surface area contributed by atoms with E-state index in [9.17, 15) is 0 Å². The van der Waals surface area contributed by atoms with Crippen molar-refractivity contribution in [3.8, 4) is 0 Å². The van der Waals surface area contributed by atoms with E-state index in [1.54, 1.807) is 0 Å². The highest BCUT2D eigenvalue weighted by Crippen LogP contribution is 2.40. The minimum atomic E-state index is 0.369. The van der Waals surface area contributed by atoms with Crippen molar-refractivity contribution >= 4 is 11.6 Å². The zero-order chi connectivity index (χ0) is 10.7. The van der Waals surface area contributed by atoms with Gasteiger partial charge in [-0.15, -0.1) is 0 Å². The number of hydrogen-bond donors (Lipinski definition) is 1. The van der Waals surface area contributed by atoms with E-state index in [2.05, 4.69) is 12.1 Å². The maximum Gasteiger partial charge on any atom is 0.0406 e. The summed E-state index contributed by atoms with van der Waals surface area (Å²) in [5, 5.41) is 0.812. The number of nitrogens with two attached hydrogens (primary N) is 1. The highest BCUT2D eigenvalue weighted by Gasteiger charge is 2.32. The summed E-state index contributed by atoms with van der Waals surface area (Å²) in [6, 6.07) is 8.18. The van der Waals surface area contributed by atoms with Crippen LogP contribution in [0.1, 0.15) is 31.2 Å². The molecule has 82 valence electrons. The molecule has 0 aromatic heterocycles. The third-order valence-electron chi connectivity index (χ3n) is 3.59. The van der Waals surface area contributed by atoms with Crippen molar-refractivity contribution in [2.75, 3.05) is 6.54 Å². The van der Waals surface area contributed by atoms with E-state index >= 15 is 0 Å². The SMILES string of the molecule is NCC1(Cc2ccc(Cl)cc2)CCCC1. The first kappa shape index (κ1) is 11.0. The molecule has 0 unspecified atom stereocenters. The van der Waals surface area contributed by atoms with Crippen LogP contribution >= 0.6 is 11.6 Å². The van der Waals surface area contributed by atoms with Crippen molar-refractivity contribution in [3.63, 3.8) is 0 Å². The van der Waals surface area contributed by atoms with Crippen molar-refractivity contribution < 1.29 is 0 Å². The maximum atomic E-state index is 5.92. The van der Waals surface area contributed by atoms with E-state index in [-0.39, 0.29) is 0 Å².